The van der Waals surface area contributed by atoms with Crippen molar-refractivity contribution in [1.82, 2.24) is 5.32 Å². The number of aliphatic hydroxyl groups is 1. The minimum atomic E-state index is -0.701. The van der Waals surface area contributed by atoms with Crippen LogP contribution in [0.4, 0.5) is 0 Å². The Morgan fingerprint density at radius 1 is 1.30 bits per heavy atom. The molecule has 0 unspecified atom stereocenters. The third kappa shape index (κ3) is 4.67. The minimum absolute atomic E-state index is 0.0169. The third-order valence-corrected chi connectivity index (χ3v) is 4.04. The Morgan fingerprint density at radius 3 is 2.60 bits per heavy atom. The van der Waals surface area contributed by atoms with Crippen molar-refractivity contribution >= 4 is 5.91 Å². The molecular formula is C16H25NO3. The maximum Gasteiger partial charge on any atom is 0.220 e. The summed E-state index contributed by atoms with van der Waals surface area (Å²) in [4.78, 5) is 11.8. The lowest BCUT2D eigenvalue weighted by Crippen LogP contribution is -2.42. The maximum absolute atomic E-state index is 11.8. The van der Waals surface area contributed by atoms with E-state index in [1.54, 1.807) is 0 Å². The van der Waals surface area contributed by atoms with E-state index in [0.717, 1.165) is 37.2 Å². The number of amides is 1. The molecule has 1 aliphatic rings. The van der Waals surface area contributed by atoms with Crippen molar-refractivity contribution in [3.63, 3.8) is 0 Å². The molecule has 1 saturated carbocycles. The second-order valence-corrected chi connectivity index (χ2v) is 5.93. The summed E-state index contributed by atoms with van der Waals surface area (Å²) in [7, 11) is 0. The van der Waals surface area contributed by atoms with Crippen molar-refractivity contribution in [1.29, 1.82) is 0 Å². The monoisotopic (exact) mass is 279 g/mol. The van der Waals surface area contributed by atoms with Crippen LogP contribution in [0.25, 0.3) is 0 Å². The smallest absolute Gasteiger partial charge is 0.220 e. The largest absolute Gasteiger partial charge is 0.466 e. The van der Waals surface area contributed by atoms with Crippen LogP contribution in [-0.2, 0) is 11.2 Å². The van der Waals surface area contributed by atoms with Crippen LogP contribution in [0.15, 0.2) is 16.5 Å². The Labute approximate surface area is 120 Å². The second-order valence-electron chi connectivity index (χ2n) is 5.93. The zero-order valence-corrected chi connectivity index (χ0v) is 12.3. The topological polar surface area (TPSA) is 62.5 Å². The molecule has 20 heavy (non-hydrogen) atoms. The fourth-order valence-corrected chi connectivity index (χ4v) is 2.77. The molecule has 4 nitrogen and oxygen atoms in total. The Bertz CT molecular complexity index is 431. The molecule has 0 atom stereocenters. The molecule has 0 bridgehead atoms. The van der Waals surface area contributed by atoms with E-state index in [2.05, 4.69) is 5.32 Å². The Hall–Kier alpha value is -1.29. The van der Waals surface area contributed by atoms with Gasteiger partial charge in [-0.15, -0.1) is 0 Å². The maximum atomic E-state index is 11.8. The van der Waals surface area contributed by atoms with Crippen LogP contribution >= 0.6 is 0 Å². The highest BCUT2D eigenvalue weighted by molar-refractivity contribution is 5.76. The first-order valence-corrected chi connectivity index (χ1v) is 7.62. The Morgan fingerprint density at radius 2 is 2.00 bits per heavy atom. The first-order chi connectivity index (χ1) is 9.57. The fourth-order valence-electron chi connectivity index (χ4n) is 2.77. The summed E-state index contributed by atoms with van der Waals surface area (Å²) in [6.07, 6.45) is 7.09. The van der Waals surface area contributed by atoms with Crippen molar-refractivity contribution in [2.75, 3.05) is 6.54 Å². The number of hydrogen-bond acceptors (Lipinski definition) is 3. The van der Waals surface area contributed by atoms with Crippen molar-refractivity contribution in [3.8, 4) is 0 Å². The van der Waals surface area contributed by atoms with E-state index >= 15 is 0 Å². The molecule has 1 heterocycles. The predicted octanol–water partition coefficient (Wildman–Crippen LogP) is 2.72. The van der Waals surface area contributed by atoms with Crippen LogP contribution in [0.1, 0.15) is 56.5 Å². The van der Waals surface area contributed by atoms with Gasteiger partial charge >= 0.3 is 0 Å². The zero-order valence-electron chi connectivity index (χ0n) is 12.3. The van der Waals surface area contributed by atoms with E-state index in [9.17, 15) is 9.90 Å². The van der Waals surface area contributed by atoms with Crippen LogP contribution in [0.3, 0.4) is 0 Å². The van der Waals surface area contributed by atoms with Gasteiger partial charge in [-0.05, 0) is 31.9 Å². The van der Waals surface area contributed by atoms with Gasteiger partial charge in [-0.3, -0.25) is 4.79 Å². The standard InChI is InChI=1S/C16H25NO3/c1-13-6-7-14(20-13)8-9-15(18)17-12-16(19)10-4-2-3-5-11-16/h6-7,19H,2-5,8-12H2,1H3,(H,17,18). The van der Waals surface area contributed by atoms with Crippen molar-refractivity contribution < 1.29 is 14.3 Å². The average Bonchev–Trinajstić information content (AvgIpc) is 2.71. The summed E-state index contributed by atoms with van der Waals surface area (Å²) in [5.41, 5.74) is -0.701. The normalized spacial score (nSPS) is 18.5. The van der Waals surface area contributed by atoms with E-state index < -0.39 is 5.60 Å². The molecule has 2 rings (SSSR count). The molecule has 1 aliphatic carbocycles. The van der Waals surface area contributed by atoms with Crippen LogP contribution in [0.5, 0.6) is 0 Å². The van der Waals surface area contributed by atoms with Crippen molar-refractivity contribution in [2.24, 2.45) is 0 Å². The van der Waals surface area contributed by atoms with E-state index in [0.29, 0.717) is 19.4 Å². The number of aryl methyl sites for hydroxylation is 2. The van der Waals surface area contributed by atoms with Crippen LogP contribution < -0.4 is 5.32 Å². The number of carbonyl (C=O) groups excluding carboxylic acids is 1. The lowest BCUT2D eigenvalue weighted by molar-refractivity contribution is -0.122. The van der Waals surface area contributed by atoms with Gasteiger partial charge in [0.25, 0.3) is 0 Å². The molecule has 2 N–H and O–H groups in total. The van der Waals surface area contributed by atoms with Gasteiger partial charge in [-0.1, -0.05) is 25.7 Å². The number of carbonyl (C=O) groups is 1. The van der Waals surface area contributed by atoms with Gasteiger partial charge in [-0.2, -0.15) is 0 Å². The summed E-state index contributed by atoms with van der Waals surface area (Å²) in [5, 5.41) is 13.3. The Kier molecular flexibility index (Phi) is 5.24. The molecule has 0 radical (unpaired) electrons. The van der Waals surface area contributed by atoms with E-state index in [1.165, 1.54) is 12.8 Å². The molecule has 1 aromatic heterocycles. The zero-order chi connectivity index (χ0) is 14.4. The van der Waals surface area contributed by atoms with Gasteiger partial charge in [0.1, 0.15) is 11.5 Å². The quantitative estimate of drug-likeness (QED) is 0.815. The summed E-state index contributed by atoms with van der Waals surface area (Å²) < 4.78 is 5.44. The molecule has 1 fully saturated rings. The van der Waals surface area contributed by atoms with E-state index in [-0.39, 0.29) is 5.91 Å². The molecule has 1 amide bonds. The van der Waals surface area contributed by atoms with Gasteiger partial charge in [0.15, 0.2) is 0 Å². The van der Waals surface area contributed by atoms with E-state index in [4.69, 9.17) is 4.42 Å². The summed E-state index contributed by atoms with van der Waals surface area (Å²) in [6.45, 7) is 2.27. The summed E-state index contributed by atoms with van der Waals surface area (Å²) in [6, 6.07) is 3.81. The highest BCUT2D eigenvalue weighted by Gasteiger charge is 2.28. The number of furan rings is 1. The van der Waals surface area contributed by atoms with Crippen molar-refractivity contribution in [3.05, 3.63) is 23.7 Å². The SMILES string of the molecule is Cc1ccc(CCC(=O)NCC2(O)CCCCCC2)o1. The number of hydrogen-bond donors (Lipinski definition) is 2. The molecule has 0 aromatic carbocycles. The van der Waals surface area contributed by atoms with E-state index in [1.807, 2.05) is 19.1 Å². The predicted molar refractivity (Wildman–Crippen MR) is 77.4 cm³/mol. The van der Waals surface area contributed by atoms with Crippen LogP contribution in [0.2, 0.25) is 0 Å². The second kappa shape index (κ2) is 6.93. The van der Waals surface area contributed by atoms with Gasteiger partial charge in [0, 0.05) is 19.4 Å². The first kappa shape index (κ1) is 15.1. The minimum Gasteiger partial charge on any atom is -0.466 e. The van der Waals surface area contributed by atoms with Crippen molar-refractivity contribution in [2.45, 2.75) is 63.9 Å². The molecule has 0 saturated heterocycles. The molecule has 4 heteroatoms. The lowest BCUT2D eigenvalue weighted by atomic mass is 9.94. The van der Waals surface area contributed by atoms with Gasteiger partial charge in [-0.25, -0.2) is 0 Å². The Balaban J connectivity index is 1.71. The average molecular weight is 279 g/mol. The number of rotatable bonds is 5. The van der Waals surface area contributed by atoms with Gasteiger partial charge in [0.05, 0.1) is 5.60 Å². The fraction of sp³-hybridized carbons (Fsp3) is 0.688. The van der Waals surface area contributed by atoms with Gasteiger partial charge < -0.3 is 14.8 Å². The highest BCUT2D eigenvalue weighted by Crippen LogP contribution is 2.26. The first-order valence-electron chi connectivity index (χ1n) is 7.62. The van der Waals surface area contributed by atoms with Gasteiger partial charge in [0.2, 0.25) is 5.91 Å². The molecule has 0 aliphatic heterocycles. The van der Waals surface area contributed by atoms with Crippen LogP contribution in [-0.4, -0.2) is 23.2 Å². The number of nitrogens with one attached hydrogen (secondary N) is 1. The third-order valence-electron chi connectivity index (χ3n) is 4.04. The molecular weight excluding hydrogens is 254 g/mol. The highest BCUT2D eigenvalue weighted by atomic mass is 16.3. The van der Waals surface area contributed by atoms with Crippen LogP contribution in [0, 0.1) is 6.92 Å². The molecule has 1 aromatic rings. The lowest BCUT2D eigenvalue weighted by Gasteiger charge is -2.26. The molecule has 112 valence electrons. The summed E-state index contributed by atoms with van der Waals surface area (Å²) >= 11 is 0. The molecule has 0 spiro atoms. The summed E-state index contributed by atoms with van der Waals surface area (Å²) in [5.74, 6) is 1.69.